The molecule has 10 aromatic carbocycles. The lowest BCUT2D eigenvalue weighted by Gasteiger charge is -2.16. The van der Waals surface area contributed by atoms with Gasteiger partial charge < -0.3 is 13.4 Å². The number of rotatable bonds is 5. The van der Waals surface area contributed by atoms with Crippen LogP contribution in [-0.2, 0) is 0 Å². The van der Waals surface area contributed by atoms with Crippen molar-refractivity contribution in [1.29, 1.82) is 0 Å². The Balaban J connectivity index is 0.981. The van der Waals surface area contributed by atoms with E-state index in [9.17, 15) is 0 Å². The molecule has 68 heavy (non-hydrogen) atoms. The lowest BCUT2D eigenvalue weighted by Crippen LogP contribution is -2.02. The Morgan fingerprint density at radius 3 is 1.51 bits per heavy atom. The molecule has 0 N–H and O–H groups in total. The molecule has 316 valence electrons. The maximum atomic E-state index is 6.38. The van der Waals surface area contributed by atoms with Crippen LogP contribution in [0.15, 0.2) is 215 Å². The fourth-order valence-electron chi connectivity index (χ4n) is 10.4. The molecule has 15 aromatic rings. The summed E-state index contributed by atoms with van der Waals surface area (Å²) in [6.45, 7) is 0. The standard InChI is InChI=1S/C61H34N4O2S/c1-2-12-36-31-52-49(29-35(36)11-1)41-13-3-7-17-50(41)65(52)51-28-24-38(30-48(51)37-21-27-47-46-16-6-10-20-57(46)68-58(47)34-37)59-62-60(39-22-25-44-42-14-4-8-18-53(42)66-55(44)32-39)64-61(63-59)40-23-26-45-43-15-5-9-19-54(43)67-56(45)33-40/h1-34H. The van der Waals surface area contributed by atoms with Crippen molar-refractivity contribution < 1.29 is 8.83 Å². The van der Waals surface area contributed by atoms with E-state index in [0.717, 1.165) is 88.4 Å². The minimum absolute atomic E-state index is 0.545. The summed E-state index contributed by atoms with van der Waals surface area (Å²) in [5.41, 5.74) is 11.3. The topological polar surface area (TPSA) is 69.9 Å². The van der Waals surface area contributed by atoms with Gasteiger partial charge in [0.1, 0.15) is 22.3 Å². The van der Waals surface area contributed by atoms with Gasteiger partial charge in [-0.15, -0.1) is 11.3 Å². The average Bonchev–Trinajstić information content (AvgIpc) is 4.16. The minimum Gasteiger partial charge on any atom is -0.456 e. The Morgan fingerprint density at radius 1 is 0.324 bits per heavy atom. The second kappa shape index (κ2) is 14.3. The zero-order valence-corrected chi connectivity index (χ0v) is 37.0. The third-order valence-electron chi connectivity index (χ3n) is 13.6. The first kappa shape index (κ1) is 37.3. The number of nitrogens with zero attached hydrogens (tertiary/aromatic N) is 4. The Morgan fingerprint density at radius 2 is 0.824 bits per heavy atom. The summed E-state index contributed by atoms with van der Waals surface area (Å²) in [5, 5.41) is 11.6. The van der Waals surface area contributed by atoms with Gasteiger partial charge in [-0.3, -0.25) is 0 Å². The van der Waals surface area contributed by atoms with Crippen molar-refractivity contribution in [3.63, 3.8) is 0 Å². The van der Waals surface area contributed by atoms with Crippen LogP contribution in [-0.4, -0.2) is 19.5 Å². The molecule has 0 aliphatic rings. The van der Waals surface area contributed by atoms with Gasteiger partial charge >= 0.3 is 0 Å². The number of hydrogen-bond acceptors (Lipinski definition) is 6. The van der Waals surface area contributed by atoms with E-state index in [-0.39, 0.29) is 0 Å². The van der Waals surface area contributed by atoms with Crippen molar-refractivity contribution >= 4 is 108 Å². The fourth-order valence-corrected chi connectivity index (χ4v) is 11.5. The van der Waals surface area contributed by atoms with E-state index >= 15 is 0 Å². The highest BCUT2D eigenvalue weighted by Crippen LogP contribution is 2.43. The molecule has 5 heterocycles. The van der Waals surface area contributed by atoms with Crippen molar-refractivity contribution in [2.24, 2.45) is 0 Å². The van der Waals surface area contributed by atoms with E-state index in [1.165, 1.54) is 41.7 Å². The molecule has 0 fully saturated rings. The largest absolute Gasteiger partial charge is 0.456 e. The van der Waals surface area contributed by atoms with Crippen molar-refractivity contribution in [2.75, 3.05) is 0 Å². The second-order valence-electron chi connectivity index (χ2n) is 17.5. The first-order valence-electron chi connectivity index (χ1n) is 22.7. The molecular weight excluding hydrogens is 853 g/mol. The molecular formula is C61H34N4O2S. The summed E-state index contributed by atoms with van der Waals surface area (Å²) in [7, 11) is 0. The molecule has 0 saturated heterocycles. The first-order valence-corrected chi connectivity index (χ1v) is 23.5. The van der Waals surface area contributed by atoms with Crippen LogP contribution in [0.2, 0.25) is 0 Å². The van der Waals surface area contributed by atoms with Gasteiger partial charge in [-0.05, 0) is 101 Å². The van der Waals surface area contributed by atoms with Gasteiger partial charge in [-0.2, -0.15) is 0 Å². The minimum atomic E-state index is 0.545. The van der Waals surface area contributed by atoms with Crippen molar-refractivity contribution in [2.45, 2.75) is 0 Å². The van der Waals surface area contributed by atoms with Gasteiger partial charge in [0.25, 0.3) is 0 Å². The smallest absolute Gasteiger partial charge is 0.164 e. The molecule has 0 unspecified atom stereocenters. The summed E-state index contributed by atoms with van der Waals surface area (Å²) in [4.78, 5) is 15.8. The van der Waals surface area contributed by atoms with Crippen LogP contribution >= 0.6 is 11.3 Å². The summed E-state index contributed by atoms with van der Waals surface area (Å²) in [6, 6.07) is 73.0. The highest BCUT2D eigenvalue weighted by molar-refractivity contribution is 7.25. The summed E-state index contributed by atoms with van der Waals surface area (Å²) in [5.74, 6) is 1.65. The Hall–Kier alpha value is -8.91. The number of aromatic nitrogens is 4. The van der Waals surface area contributed by atoms with Crippen LogP contribution in [0.25, 0.3) is 148 Å². The van der Waals surface area contributed by atoms with Gasteiger partial charge in [0.15, 0.2) is 17.5 Å². The van der Waals surface area contributed by atoms with Crippen LogP contribution < -0.4 is 0 Å². The van der Waals surface area contributed by atoms with Crippen molar-refractivity contribution in [1.82, 2.24) is 19.5 Å². The highest BCUT2D eigenvalue weighted by atomic mass is 32.1. The molecule has 0 atom stereocenters. The third-order valence-corrected chi connectivity index (χ3v) is 14.8. The highest BCUT2D eigenvalue weighted by Gasteiger charge is 2.21. The Bertz CT molecular complexity index is 4460. The van der Waals surface area contributed by atoms with E-state index in [1.54, 1.807) is 0 Å². The number of benzene rings is 10. The summed E-state index contributed by atoms with van der Waals surface area (Å²) >= 11 is 1.83. The molecule has 0 bridgehead atoms. The van der Waals surface area contributed by atoms with E-state index in [1.807, 2.05) is 59.9 Å². The molecule has 0 spiro atoms. The van der Waals surface area contributed by atoms with E-state index in [0.29, 0.717) is 17.5 Å². The Labute approximate surface area is 391 Å². The molecule has 0 aliphatic carbocycles. The Kier molecular flexibility index (Phi) is 7.85. The molecule has 0 amide bonds. The average molecular weight is 887 g/mol. The normalized spacial score (nSPS) is 12.1. The number of thiophene rings is 1. The molecule has 7 heteroatoms. The fraction of sp³-hybridized carbons (Fsp3) is 0. The van der Waals surface area contributed by atoms with Crippen molar-refractivity contribution in [3.8, 4) is 51.0 Å². The quantitative estimate of drug-likeness (QED) is 0.172. The number of furan rings is 2. The number of hydrogen-bond donors (Lipinski definition) is 0. The first-order chi connectivity index (χ1) is 33.6. The zero-order chi connectivity index (χ0) is 44.5. The maximum Gasteiger partial charge on any atom is 0.164 e. The van der Waals surface area contributed by atoms with Gasteiger partial charge in [0.05, 0.1) is 16.7 Å². The van der Waals surface area contributed by atoms with Crippen molar-refractivity contribution in [3.05, 3.63) is 206 Å². The molecule has 0 aliphatic heterocycles. The van der Waals surface area contributed by atoms with Gasteiger partial charge in [0, 0.05) is 74.7 Å². The monoisotopic (exact) mass is 886 g/mol. The summed E-state index contributed by atoms with van der Waals surface area (Å²) in [6.07, 6.45) is 0. The number of fused-ring (bicyclic) bond motifs is 13. The van der Waals surface area contributed by atoms with Crippen LogP contribution in [0.5, 0.6) is 0 Å². The summed E-state index contributed by atoms with van der Waals surface area (Å²) < 4.78 is 17.7. The molecule has 0 radical (unpaired) electrons. The van der Waals surface area contributed by atoms with Crippen LogP contribution in [0.4, 0.5) is 0 Å². The van der Waals surface area contributed by atoms with Gasteiger partial charge in [-0.25, -0.2) is 15.0 Å². The lowest BCUT2D eigenvalue weighted by molar-refractivity contribution is 0.668. The van der Waals surface area contributed by atoms with Crippen LogP contribution in [0, 0.1) is 0 Å². The molecule has 6 nitrogen and oxygen atoms in total. The van der Waals surface area contributed by atoms with Crippen LogP contribution in [0.3, 0.4) is 0 Å². The maximum absolute atomic E-state index is 6.38. The second-order valence-corrected chi connectivity index (χ2v) is 18.6. The third kappa shape index (κ3) is 5.66. The van der Waals surface area contributed by atoms with E-state index in [2.05, 4.69) is 162 Å². The lowest BCUT2D eigenvalue weighted by atomic mass is 9.98. The molecule has 0 saturated carbocycles. The van der Waals surface area contributed by atoms with E-state index in [4.69, 9.17) is 23.8 Å². The van der Waals surface area contributed by atoms with Gasteiger partial charge in [0.2, 0.25) is 0 Å². The molecule has 5 aromatic heterocycles. The predicted molar refractivity (Wildman–Crippen MR) is 281 cm³/mol. The van der Waals surface area contributed by atoms with Crippen LogP contribution in [0.1, 0.15) is 0 Å². The van der Waals surface area contributed by atoms with E-state index < -0.39 is 0 Å². The number of para-hydroxylation sites is 3. The molecule has 15 rings (SSSR count). The SMILES string of the molecule is c1ccc2cc3c(cc2c1)c1ccccc1n3-c1ccc(-c2nc(-c3ccc4c(c3)oc3ccccc34)nc(-c3ccc4c(c3)oc3ccccc34)n2)cc1-c1ccc2c(c1)sc1ccccc12. The zero-order valence-electron chi connectivity index (χ0n) is 36.1. The van der Waals surface area contributed by atoms with Gasteiger partial charge in [-0.1, -0.05) is 121 Å². The predicted octanol–water partition coefficient (Wildman–Crippen LogP) is 17.0.